The number of methoxy groups -OCH3 is 1. The van der Waals surface area contributed by atoms with Gasteiger partial charge in [0.15, 0.2) is 0 Å². The molecule has 0 aliphatic rings. The number of nitrogens with one attached hydrogen (secondary N) is 1. The van der Waals surface area contributed by atoms with Gasteiger partial charge in [0.05, 0.1) is 20.3 Å². The Balaban J connectivity index is 2.47. The summed E-state index contributed by atoms with van der Waals surface area (Å²) in [6.45, 7) is 6.77. The fraction of sp³-hybridized carbons (Fsp3) is 0.600. The molecule has 1 atom stereocenters. The summed E-state index contributed by atoms with van der Waals surface area (Å²) in [5, 5.41) is 12.8. The predicted molar refractivity (Wildman–Crippen MR) is 76.9 cm³/mol. The summed E-state index contributed by atoms with van der Waals surface area (Å²) in [6.07, 6.45) is 0.735. The van der Waals surface area contributed by atoms with E-state index in [0.717, 1.165) is 17.9 Å². The summed E-state index contributed by atoms with van der Waals surface area (Å²) >= 11 is 0. The first-order valence-corrected chi connectivity index (χ1v) is 6.64. The second-order valence-electron chi connectivity index (χ2n) is 5.30. The van der Waals surface area contributed by atoms with E-state index in [1.54, 1.807) is 7.11 Å². The second-order valence-corrected chi connectivity index (χ2v) is 5.30. The van der Waals surface area contributed by atoms with Crippen LogP contribution in [0.5, 0.6) is 11.5 Å². The molecular formula is C15H25NO3. The molecule has 0 saturated heterocycles. The third-order valence-electron chi connectivity index (χ3n) is 2.95. The molecule has 0 heterocycles. The summed E-state index contributed by atoms with van der Waals surface area (Å²) in [5.41, 5.74) is -0.312. The van der Waals surface area contributed by atoms with Crippen molar-refractivity contribution in [1.29, 1.82) is 0 Å². The lowest BCUT2D eigenvalue weighted by Gasteiger charge is -2.31. The van der Waals surface area contributed by atoms with E-state index in [4.69, 9.17) is 9.47 Å². The molecule has 108 valence electrons. The second kappa shape index (κ2) is 7.36. The fourth-order valence-corrected chi connectivity index (χ4v) is 1.98. The van der Waals surface area contributed by atoms with Gasteiger partial charge in [0.2, 0.25) is 0 Å². The van der Waals surface area contributed by atoms with Gasteiger partial charge in [0.1, 0.15) is 11.5 Å². The zero-order chi connectivity index (χ0) is 14.3. The molecule has 4 heteroatoms. The molecule has 0 fully saturated rings. The molecular weight excluding hydrogens is 242 g/mol. The average molecular weight is 267 g/mol. The standard InChI is InChI=1S/C15H25NO3/c1-12(2)16-15(3,11-17)8-9-19-14-7-5-6-13(10-14)18-4/h5-7,10,12,16-17H,8-9,11H2,1-4H3. The van der Waals surface area contributed by atoms with Crippen LogP contribution < -0.4 is 14.8 Å². The van der Waals surface area contributed by atoms with Crippen LogP contribution in [0.3, 0.4) is 0 Å². The molecule has 0 aromatic heterocycles. The highest BCUT2D eigenvalue weighted by Gasteiger charge is 2.23. The highest BCUT2D eigenvalue weighted by atomic mass is 16.5. The molecule has 1 rings (SSSR count). The molecule has 1 aromatic carbocycles. The lowest BCUT2D eigenvalue weighted by Crippen LogP contribution is -2.49. The largest absolute Gasteiger partial charge is 0.497 e. The van der Waals surface area contributed by atoms with Crippen LogP contribution >= 0.6 is 0 Å². The highest BCUT2D eigenvalue weighted by Crippen LogP contribution is 2.20. The first kappa shape index (κ1) is 15.8. The number of aliphatic hydroxyl groups is 1. The van der Waals surface area contributed by atoms with Crippen molar-refractivity contribution in [2.45, 2.75) is 38.8 Å². The quantitative estimate of drug-likeness (QED) is 0.758. The summed E-state index contributed by atoms with van der Waals surface area (Å²) in [5.74, 6) is 1.56. The normalized spacial score (nSPS) is 14.2. The van der Waals surface area contributed by atoms with Gasteiger partial charge >= 0.3 is 0 Å². The van der Waals surface area contributed by atoms with Crippen molar-refractivity contribution in [3.8, 4) is 11.5 Å². The third kappa shape index (κ3) is 5.49. The molecule has 1 aromatic rings. The topological polar surface area (TPSA) is 50.7 Å². The number of aliphatic hydroxyl groups excluding tert-OH is 1. The summed E-state index contributed by atoms with van der Waals surface area (Å²) in [4.78, 5) is 0. The van der Waals surface area contributed by atoms with Crippen molar-refractivity contribution in [2.24, 2.45) is 0 Å². The summed E-state index contributed by atoms with van der Waals surface area (Å²) in [7, 11) is 1.63. The van der Waals surface area contributed by atoms with E-state index in [1.807, 2.05) is 31.2 Å². The minimum atomic E-state index is -0.312. The Hall–Kier alpha value is -1.26. The van der Waals surface area contributed by atoms with E-state index in [-0.39, 0.29) is 12.1 Å². The maximum Gasteiger partial charge on any atom is 0.122 e. The van der Waals surface area contributed by atoms with Crippen LogP contribution in [0.1, 0.15) is 27.2 Å². The number of benzene rings is 1. The average Bonchev–Trinajstić information content (AvgIpc) is 2.38. The first-order valence-electron chi connectivity index (χ1n) is 6.64. The van der Waals surface area contributed by atoms with Crippen molar-refractivity contribution >= 4 is 0 Å². The van der Waals surface area contributed by atoms with E-state index in [0.29, 0.717) is 12.6 Å². The zero-order valence-corrected chi connectivity index (χ0v) is 12.3. The molecule has 4 nitrogen and oxygen atoms in total. The van der Waals surface area contributed by atoms with Gasteiger partial charge in [0, 0.05) is 24.1 Å². The molecule has 2 N–H and O–H groups in total. The molecule has 1 unspecified atom stereocenters. The van der Waals surface area contributed by atoms with Crippen molar-refractivity contribution in [3.63, 3.8) is 0 Å². The van der Waals surface area contributed by atoms with E-state index >= 15 is 0 Å². The molecule has 0 radical (unpaired) electrons. The van der Waals surface area contributed by atoms with Gasteiger partial charge in [0.25, 0.3) is 0 Å². The smallest absolute Gasteiger partial charge is 0.122 e. The van der Waals surface area contributed by atoms with Gasteiger partial charge < -0.3 is 19.9 Å². The van der Waals surface area contributed by atoms with Gasteiger partial charge in [-0.3, -0.25) is 0 Å². The molecule has 0 amide bonds. The molecule has 0 aliphatic heterocycles. The number of hydrogen-bond acceptors (Lipinski definition) is 4. The maximum absolute atomic E-state index is 9.48. The van der Waals surface area contributed by atoms with Crippen molar-refractivity contribution in [1.82, 2.24) is 5.32 Å². The number of hydrogen-bond donors (Lipinski definition) is 2. The van der Waals surface area contributed by atoms with Crippen LogP contribution in [0.25, 0.3) is 0 Å². The Morgan fingerprint density at radius 3 is 2.58 bits per heavy atom. The minimum absolute atomic E-state index is 0.0899. The lowest BCUT2D eigenvalue weighted by molar-refractivity contribution is 0.136. The minimum Gasteiger partial charge on any atom is -0.497 e. The van der Waals surface area contributed by atoms with Crippen LogP contribution in [0.2, 0.25) is 0 Å². The Morgan fingerprint density at radius 2 is 2.00 bits per heavy atom. The van der Waals surface area contributed by atoms with Gasteiger partial charge in [-0.25, -0.2) is 0 Å². The Labute approximate surface area is 115 Å². The Kier molecular flexibility index (Phi) is 6.12. The van der Waals surface area contributed by atoms with Gasteiger partial charge in [-0.2, -0.15) is 0 Å². The number of ether oxygens (including phenoxy) is 2. The van der Waals surface area contributed by atoms with Crippen LogP contribution in [0, 0.1) is 0 Å². The lowest BCUT2D eigenvalue weighted by atomic mass is 9.98. The monoisotopic (exact) mass is 267 g/mol. The maximum atomic E-state index is 9.48. The molecule has 0 spiro atoms. The molecule has 0 saturated carbocycles. The van der Waals surface area contributed by atoms with Crippen molar-refractivity contribution < 1.29 is 14.6 Å². The van der Waals surface area contributed by atoms with Crippen LogP contribution in [0.15, 0.2) is 24.3 Å². The summed E-state index contributed by atoms with van der Waals surface area (Å²) < 4.78 is 10.8. The van der Waals surface area contributed by atoms with Crippen molar-refractivity contribution in [3.05, 3.63) is 24.3 Å². The van der Waals surface area contributed by atoms with E-state index in [9.17, 15) is 5.11 Å². The molecule has 0 aliphatic carbocycles. The van der Waals surface area contributed by atoms with Crippen LogP contribution in [-0.4, -0.2) is 37.0 Å². The fourth-order valence-electron chi connectivity index (χ4n) is 1.98. The van der Waals surface area contributed by atoms with E-state index in [1.165, 1.54) is 0 Å². The van der Waals surface area contributed by atoms with Crippen LogP contribution in [0.4, 0.5) is 0 Å². The van der Waals surface area contributed by atoms with E-state index in [2.05, 4.69) is 19.2 Å². The van der Waals surface area contributed by atoms with Crippen LogP contribution in [-0.2, 0) is 0 Å². The predicted octanol–water partition coefficient (Wildman–Crippen LogP) is 2.21. The Morgan fingerprint density at radius 1 is 1.32 bits per heavy atom. The van der Waals surface area contributed by atoms with Gasteiger partial charge in [-0.05, 0) is 19.1 Å². The first-order chi connectivity index (χ1) is 8.99. The number of rotatable bonds is 8. The van der Waals surface area contributed by atoms with Gasteiger partial charge in [-0.15, -0.1) is 0 Å². The SMILES string of the molecule is COc1cccc(OCCC(C)(CO)NC(C)C)c1. The highest BCUT2D eigenvalue weighted by molar-refractivity contribution is 5.32. The third-order valence-corrected chi connectivity index (χ3v) is 2.95. The van der Waals surface area contributed by atoms with Gasteiger partial charge in [-0.1, -0.05) is 19.9 Å². The zero-order valence-electron chi connectivity index (χ0n) is 12.3. The van der Waals surface area contributed by atoms with E-state index < -0.39 is 0 Å². The Bertz CT molecular complexity index is 381. The van der Waals surface area contributed by atoms with Crippen molar-refractivity contribution in [2.75, 3.05) is 20.3 Å². The molecule has 19 heavy (non-hydrogen) atoms. The molecule has 0 bridgehead atoms. The summed E-state index contributed by atoms with van der Waals surface area (Å²) in [6, 6.07) is 7.85.